The fourth-order valence-electron chi connectivity index (χ4n) is 4.61. The molecule has 0 bridgehead atoms. The van der Waals surface area contributed by atoms with E-state index in [2.05, 4.69) is 10.6 Å². The summed E-state index contributed by atoms with van der Waals surface area (Å²) in [7, 11) is 1.48. The van der Waals surface area contributed by atoms with Gasteiger partial charge in [0.05, 0.1) is 25.0 Å². The number of nitrogens with zero attached hydrogens (tertiary/aromatic N) is 1. The molecule has 9 heteroatoms. The molecule has 2 fully saturated rings. The lowest BCUT2D eigenvalue weighted by Crippen LogP contribution is -2.53. The molecule has 4 rings (SSSR count). The van der Waals surface area contributed by atoms with E-state index in [0.29, 0.717) is 11.3 Å². The van der Waals surface area contributed by atoms with Crippen molar-refractivity contribution < 1.29 is 23.9 Å². The molecular formula is C18H20N4O5. The zero-order chi connectivity index (χ0) is 19.3. The van der Waals surface area contributed by atoms with Crippen molar-refractivity contribution in [2.45, 2.75) is 18.0 Å². The third-order valence-corrected chi connectivity index (χ3v) is 5.65. The van der Waals surface area contributed by atoms with E-state index in [1.165, 1.54) is 7.11 Å². The second kappa shape index (κ2) is 6.14. The standard InChI is InChI=1S/C18H20N4O5/c1-27-7-6-22-15(24)13-11(8-12(19)23)21-18(14(13)16(22)25)9-4-2-3-5-10(9)20-17(18)26/h2-5,11,13-14,21H,6-8H2,1H3,(H2,19,23)(H,20,26)/t11-,13-,14+,18-/m1/s1. The SMILES string of the molecule is COCCN1C(=O)[C@H]2[C@@H](C1=O)[C@@]1(N[C@@H]2CC(N)=O)C(=O)Nc2ccccc21. The molecule has 1 aromatic rings. The van der Waals surface area contributed by atoms with Gasteiger partial charge in [-0.25, -0.2) is 0 Å². The van der Waals surface area contributed by atoms with E-state index in [0.717, 1.165) is 4.90 Å². The van der Waals surface area contributed by atoms with E-state index in [1.54, 1.807) is 24.3 Å². The summed E-state index contributed by atoms with van der Waals surface area (Å²) in [4.78, 5) is 51.8. The summed E-state index contributed by atoms with van der Waals surface area (Å²) in [5.74, 6) is -3.62. The smallest absolute Gasteiger partial charge is 0.250 e. The molecule has 3 aliphatic rings. The highest BCUT2D eigenvalue weighted by molar-refractivity contribution is 6.15. The molecule has 0 aromatic heterocycles. The van der Waals surface area contributed by atoms with Crippen molar-refractivity contribution in [2.24, 2.45) is 17.6 Å². The summed E-state index contributed by atoms with van der Waals surface area (Å²) >= 11 is 0. The zero-order valence-electron chi connectivity index (χ0n) is 14.7. The molecule has 142 valence electrons. The van der Waals surface area contributed by atoms with Crippen LogP contribution < -0.4 is 16.4 Å². The van der Waals surface area contributed by atoms with Crippen LogP contribution in [0.5, 0.6) is 0 Å². The Morgan fingerprint density at radius 2 is 2.00 bits per heavy atom. The summed E-state index contributed by atoms with van der Waals surface area (Å²) in [6.07, 6.45) is -0.143. The maximum Gasteiger partial charge on any atom is 0.250 e. The van der Waals surface area contributed by atoms with Crippen LogP contribution in [0.25, 0.3) is 0 Å². The number of hydrogen-bond donors (Lipinski definition) is 3. The predicted molar refractivity (Wildman–Crippen MR) is 93.1 cm³/mol. The normalized spacial score (nSPS) is 31.4. The van der Waals surface area contributed by atoms with Gasteiger partial charge in [-0.2, -0.15) is 0 Å². The van der Waals surface area contributed by atoms with Crippen molar-refractivity contribution in [3.63, 3.8) is 0 Å². The van der Waals surface area contributed by atoms with E-state index in [-0.39, 0.29) is 19.6 Å². The van der Waals surface area contributed by atoms with Crippen molar-refractivity contribution in [3.05, 3.63) is 29.8 Å². The zero-order valence-corrected chi connectivity index (χ0v) is 14.7. The third-order valence-electron chi connectivity index (χ3n) is 5.65. The van der Waals surface area contributed by atoms with E-state index < -0.39 is 47.0 Å². The molecule has 3 aliphatic heterocycles. The van der Waals surface area contributed by atoms with Crippen LogP contribution in [-0.2, 0) is 29.5 Å². The third kappa shape index (κ3) is 2.31. The Bertz CT molecular complexity index is 856. The Kier molecular flexibility index (Phi) is 4.01. The summed E-state index contributed by atoms with van der Waals surface area (Å²) in [6.45, 7) is 0.296. The van der Waals surface area contributed by atoms with Crippen LogP contribution in [0.15, 0.2) is 24.3 Å². The Morgan fingerprint density at radius 3 is 2.70 bits per heavy atom. The molecule has 1 spiro atoms. The number of anilines is 1. The number of carbonyl (C=O) groups is 4. The summed E-state index contributed by atoms with van der Waals surface area (Å²) in [5, 5.41) is 5.92. The van der Waals surface area contributed by atoms with Crippen LogP contribution in [0.3, 0.4) is 0 Å². The van der Waals surface area contributed by atoms with Crippen LogP contribution in [-0.4, -0.2) is 54.8 Å². The molecule has 4 atom stereocenters. The second-order valence-electron chi connectivity index (χ2n) is 7.05. The second-order valence-corrected chi connectivity index (χ2v) is 7.05. The minimum atomic E-state index is -1.39. The number of nitrogens with one attached hydrogen (secondary N) is 2. The van der Waals surface area contributed by atoms with Crippen molar-refractivity contribution in [2.75, 3.05) is 25.6 Å². The number of carbonyl (C=O) groups excluding carboxylic acids is 4. The number of para-hydroxylation sites is 1. The first kappa shape index (κ1) is 17.6. The monoisotopic (exact) mass is 372 g/mol. The summed E-state index contributed by atoms with van der Waals surface area (Å²) in [5.41, 5.74) is 5.15. The van der Waals surface area contributed by atoms with Gasteiger partial charge in [-0.05, 0) is 6.07 Å². The van der Waals surface area contributed by atoms with Crippen molar-refractivity contribution in [1.82, 2.24) is 10.2 Å². The van der Waals surface area contributed by atoms with Gasteiger partial charge < -0.3 is 15.8 Å². The molecule has 2 saturated heterocycles. The summed E-state index contributed by atoms with van der Waals surface area (Å²) < 4.78 is 4.99. The highest BCUT2D eigenvalue weighted by Gasteiger charge is 2.70. The lowest BCUT2D eigenvalue weighted by molar-refractivity contribution is -0.143. The molecule has 27 heavy (non-hydrogen) atoms. The van der Waals surface area contributed by atoms with Gasteiger partial charge in [-0.1, -0.05) is 18.2 Å². The molecule has 4 amide bonds. The Hall–Kier alpha value is -2.78. The number of methoxy groups -OCH3 is 1. The van der Waals surface area contributed by atoms with Gasteiger partial charge in [0.2, 0.25) is 23.6 Å². The van der Waals surface area contributed by atoms with Crippen LogP contribution in [0, 0.1) is 11.8 Å². The number of primary amides is 1. The quantitative estimate of drug-likeness (QED) is 0.564. The number of likely N-dealkylation sites (tertiary alicyclic amines) is 1. The fraction of sp³-hybridized carbons (Fsp3) is 0.444. The van der Waals surface area contributed by atoms with E-state index in [4.69, 9.17) is 10.5 Å². The minimum absolute atomic E-state index is 0.101. The van der Waals surface area contributed by atoms with E-state index in [1.807, 2.05) is 0 Å². The van der Waals surface area contributed by atoms with Crippen molar-refractivity contribution >= 4 is 29.3 Å². The molecule has 0 saturated carbocycles. The van der Waals surface area contributed by atoms with E-state index >= 15 is 0 Å². The lowest BCUT2D eigenvalue weighted by Gasteiger charge is -2.29. The molecular weight excluding hydrogens is 352 g/mol. The predicted octanol–water partition coefficient (Wildman–Crippen LogP) is -1.07. The van der Waals surface area contributed by atoms with Gasteiger partial charge in [0.25, 0.3) is 0 Å². The van der Waals surface area contributed by atoms with Crippen LogP contribution in [0.2, 0.25) is 0 Å². The number of benzene rings is 1. The number of rotatable bonds is 5. The molecule has 3 heterocycles. The molecule has 1 aromatic carbocycles. The van der Waals surface area contributed by atoms with Crippen LogP contribution in [0.4, 0.5) is 5.69 Å². The number of amides is 4. The molecule has 0 radical (unpaired) electrons. The van der Waals surface area contributed by atoms with Crippen LogP contribution >= 0.6 is 0 Å². The summed E-state index contributed by atoms with van der Waals surface area (Å²) in [6, 6.07) is 6.33. The molecule has 4 N–H and O–H groups in total. The first-order valence-electron chi connectivity index (χ1n) is 8.73. The average molecular weight is 372 g/mol. The number of imide groups is 1. The molecule has 9 nitrogen and oxygen atoms in total. The highest BCUT2D eigenvalue weighted by atomic mass is 16.5. The first-order chi connectivity index (χ1) is 12.9. The maximum absolute atomic E-state index is 13.2. The highest BCUT2D eigenvalue weighted by Crippen LogP contribution is 2.53. The van der Waals surface area contributed by atoms with Crippen molar-refractivity contribution in [3.8, 4) is 0 Å². The van der Waals surface area contributed by atoms with Gasteiger partial charge in [0.1, 0.15) is 5.54 Å². The Balaban J connectivity index is 1.83. The topological polar surface area (TPSA) is 131 Å². The number of nitrogens with two attached hydrogens (primary N) is 1. The van der Waals surface area contributed by atoms with Gasteiger partial charge in [0, 0.05) is 30.8 Å². The van der Waals surface area contributed by atoms with Crippen LogP contribution in [0.1, 0.15) is 12.0 Å². The van der Waals surface area contributed by atoms with Gasteiger partial charge in [-0.3, -0.25) is 29.4 Å². The molecule has 0 aliphatic carbocycles. The van der Waals surface area contributed by atoms with Gasteiger partial charge >= 0.3 is 0 Å². The fourth-order valence-corrected chi connectivity index (χ4v) is 4.61. The Morgan fingerprint density at radius 1 is 1.26 bits per heavy atom. The van der Waals surface area contributed by atoms with Crippen molar-refractivity contribution in [1.29, 1.82) is 0 Å². The number of ether oxygens (including phenoxy) is 1. The largest absolute Gasteiger partial charge is 0.383 e. The van der Waals surface area contributed by atoms with E-state index in [9.17, 15) is 19.2 Å². The first-order valence-corrected chi connectivity index (χ1v) is 8.73. The number of fused-ring (bicyclic) bond motifs is 4. The number of hydrogen-bond acceptors (Lipinski definition) is 6. The van der Waals surface area contributed by atoms with Gasteiger partial charge in [-0.15, -0.1) is 0 Å². The van der Waals surface area contributed by atoms with Gasteiger partial charge in [0.15, 0.2) is 0 Å². The lowest BCUT2D eigenvalue weighted by atomic mass is 9.76. The maximum atomic E-state index is 13.2. The minimum Gasteiger partial charge on any atom is -0.383 e. The Labute approximate surface area is 155 Å². The average Bonchev–Trinajstić information content (AvgIpc) is 3.19. The molecule has 0 unspecified atom stereocenters.